The predicted octanol–water partition coefficient (Wildman–Crippen LogP) is 3.70. The summed E-state index contributed by atoms with van der Waals surface area (Å²) < 4.78 is 10.5. The number of nitrogens with one attached hydrogen (secondary N) is 1. The Hall–Kier alpha value is -3.22. The van der Waals surface area contributed by atoms with Crippen LogP contribution in [0.25, 0.3) is 0 Å². The molecule has 7 nitrogen and oxygen atoms in total. The molecule has 0 saturated carbocycles. The molecule has 1 aliphatic rings. The Balaban J connectivity index is 1.76. The summed E-state index contributed by atoms with van der Waals surface area (Å²) in [6.45, 7) is 6.42. The number of carbonyl (C=O) groups excluding carboxylic acids is 2. The summed E-state index contributed by atoms with van der Waals surface area (Å²) >= 11 is 0. The van der Waals surface area contributed by atoms with Gasteiger partial charge in [0, 0.05) is 24.7 Å². The molecule has 2 N–H and O–H groups in total. The van der Waals surface area contributed by atoms with Gasteiger partial charge in [-0.1, -0.05) is 26.8 Å². The average Bonchev–Trinajstić information content (AvgIpc) is 3.10. The van der Waals surface area contributed by atoms with Crippen LogP contribution in [0.5, 0.6) is 17.2 Å². The lowest BCUT2D eigenvalue weighted by Gasteiger charge is -2.21. The van der Waals surface area contributed by atoms with E-state index < -0.39 is 5.92 Å². The van der Waals surface area contributed by atoms with Crippen LogP contribution in [0.3, 0.4) is 0 Å². The van der Waals surface area contributed by atoms with Crippen molar-refractivity contribution in [2.24, 2.45) is 5.92 Å². The number of amides is 2. The fraction of sp³-hybridized carbons (Fsp3) is 0.391. The first kappa shape index (κ1) is 21.5. The number of ether oxygens (including phenoxy) is 2. The Morgan fingerprint density at radius 3 is 2.43 bits per heavy atom. The first-order valence-corrected chi connectivity index (χ1v) is 9.80. The standard InChI is InChI=1S/C23H28N2O5/c1-23(2,3)15-6-8-18(26)17(11-15)24-22(28)14-10-21(27)25(13-14)16-7-9-19(29-4)20(12-16)30-5/h6-9,11-12,14,26H,10,13H2,1-5H3,(H,24,28). The van der Waals surface area contributed by atoms with Crippen LogP contribution in [0.15, 0.2) is 36.4 Å². The number of phenolic OH excluding ortho intramolecular Hbond substituents is 1. The number of phenols is 1. The van der Waals surface area contributed by atoms with Crippen LogP contribution in [0.1, 0.15) is 32.8 Å². The van der Waals surface area contributed by atoms with Gasteiger partial charge in [-0.25, -0.2) is 0 Å². The van der Waals surface area contributed by atoms with Crippen LogP contribution in [0.4, 0.5) is 11.4 Å². The van der Waals surface area contributed by atoms with Gasteiger partial charge in [0.05, 0.1) is 25.8 Å². The molecule has 1 unspecified atom stereocenters. The Labute approximate surface area is 176 Å². The molecular formula is C23H28N2O5. The number of nitrogens with zero attached hydrogens (tertiary/aromatic N) is 1. The highest BCUT2D eigenvalue weighted by atomic mass is 16.5. The Kier molecular flexibility index (Phi) is 5.92. The van der Waals surface area contributed by atoms with Crippen molar-refractivity contribution >= 4 is 23.2 Å². The van der Waals surface area contributed by atoms with Crippen molar-refractivity contribution in [2.45, 2.75) is 32.6 Å². The lowest BCUT2D eigenvalue weighted by atomic mass is 9.87. The zero-order chi connectivity index (χ0) is 22.1. The molecule has 160 valence electrons. The zero-order valence-electron chi connectivity index (χ0n) is 18.0. The lowest BCUT2D eigenvalue weighted by Crippen LogP contribution is -2.28. The zero-order valence-corrected chi connectivity index (χ0v) is 18.0. The molecule has 30 heavy (non-hydrogen) atoms. The van der Waals surface area contributed by atoms with Crippen LogP contribution in [0, 0.1) is 5.92 Å². The van der Waals surface area contributed by atoms with E-state index in [9.17, 15) is 14.7 Å². The average molecular weight is 412 g/mol. The molecule has 0 radical (unpaired) electrons. The quantitative estimate of drug-likeness (QED) is 0.731. The van der Waals surface area contributed by atoms with E-state index in [4.69, 9.17) is 9.47 Å². The number of hydrogen-bond donors (Lipinski definition) is 2. The Bertz CT molecular complexity index is 965. The molecule has 0 spiro atoms. The normalized spacial score (nSPS) is 16.5. The Morgan fingerprint density at radius 2 is 1.80 bits per heavy atom. The second-order valence-electron chi connectivity index (χ2n) is 8.42. The van der Waals surface area contributed by atoms with Gasteiger partial charge < -0.3 is 24.8 Å². The van der Waals surface area contributed by atoms with Crippen molar-refractivity contribution in [1.29, 1.82) is 0 Å². The number of carbonyl (C=O) groups is 2. The second-order valence-corrected chi connectivity index (χ2v) is 8.42. The lowest BCUT2D eigenvalue weighted by molar-refractivity contribution is -0.122. The number of rotatable bonds is 5. The minimum atomic E-state index is -0.525. The molecule has 1 atom stereocenters. The minimum Gasteiger partial charge on any atom is -0.506 e. The summed E-state index contributed by atoms with van der Waals surface area (Å²) in [5.74, 6) is 0.111. The molecule has 0 aromatic heterocycles. The van der Waals surface area contributed by atoms with Gasteiger partial charge in [-0.15, -0.1) is 0 Å². The molecule has 2 amide bonds. The summed E-state index contributed by atoms with van der Waals surface area (Å²) in [6.07, 6.45) is 0.0971. The van der Waals surface area contributed by atoms with Gasteiger partial charge in [0.1, 0.15) is 5.75 Å². The molecule has 7 heteroatoms. The summed E-state index contributed by atoms with van der Waals surface area (Å²) in [7, 11) is 3.07. The third-order valence-corrected chi connectivity index (χ3v) is 5.30. The minimum absolute atomic E-state index is 0.00239. The summed E-state index contributed by atoms with van der Waals surface area (Å²) in [4.78, 5) is 27.0. The number of benzene rings is 2. The van der Waals surface area contributed by atoms with Crippen LogP contribution >= 0.6 is 0 Å². The van der Waals surface area contributed by atoms with Gasteiger partial charge in [-0.05, 0) is 35.2 Å². The predicted molar refractivity (Wildman–Crippen MR) is 115 cm³/mol. The van der Waals surface area contributed by atoms with Gasteiger partial charge in [0.25, 0.3) is 0 Å². The van der Waals surface area contributed by atoms with Gasteiger partial charge in [0.2, 0.25) is 11.8 Å². The smallest absolute Gasteiger partial charge is 0.229 e. The van der Waals surface area contributed by atoms with Crippen molar-refractivity contribution in [1.82, 2.24) is 0 Å². The Morgan fingerprint density at radius 1 is 1.10 bits per heavy atom. The van der Waals surface area contributed by atoms with Crippen molar-refractivity contribution in [3.8, 4) is 17.2 Å². The fourth-order valence-electron chi connectivity index (χ4n) is 3.46. The maximum atomic E-state index is 12.8. The van der Waals surface area contributed by atoms with E-state index in [2.05, 4.69) is 26.1 Å². The highest BCUT2D eigenvalue weighted by molar-refractivity contribution is 6.04. The van der Waals surface area contributed by atoms with Crippen LogP contribution in [-0.4, -0.2) is 37.7 Å². The van der Waals surface area contributed by atoms with Gasteiger partial charge >= 0.3 is 0 Å². The fourth-order valence-corrected chi connectivity index (χ4v) is 3.46. The van der Waals surface area contributed by atoms with Gasteiger partial charge in [0.15, 0.2) is 11.5 Å². The first-order chi connectivity index (χ1) is 14.1. The number of hydrogen-bond acceptors (Lipinski definition) is 5. The highest BCUT2D eigenvalue weighted by Gasteiger charge is 2.35. The van der Waals surface area contributed by atoms with Crippen molar-refractivity contribution in [3.05, 3.63) is 42.0 Å². The number of aromatic hydroxyl groups is 1. The molecule has 1 fully saturated rings. The van der Waals surface area contributed by atoms with Crippen molar-refractivity contribution < 1.29 is 24.2 Å². The molecule has 0 aliphatic carbocycles. The SMILES string of the molecule is COc1ccc(N2CC(C(=O)Nc3cc(C(C)(C)C)ccc3O)CC2=O)cc1OC. The monoisotopic (exact) mass is 412 g/mol. The summed E-state index contributed by atoms with van der Waals surface area (Å²) in [6, 6.07) is 10.4. The number of anilines is 2. The molecule has 0 bridgehead atoms. The summed E-state index contributed by atoms with van der Waals surface area (Å²) in [5, 5.41) is 12.9. The summed E-state index contributed by atoms with van der Waals surface area (Å²) in [5.41, 5.74) is 1.86. The van der Waals surface area contributed by atoms with Gasteiger partial charge in [-0.2, -0.15) is 0 Å². The molecule has 2 aromatic carbocycles. The van der Waals surface area contributed by atoms with Crippen molar-refractivity contribution in [3.63, 3.8) is 0 Å². The van der Waals surface area contributed by atoms with Crippen LogP contribution < -0.4 is 19.7 Å². The van der Waals surface area contributed by atoms with Crippen LogP contribution in [0.2, 0.25) is 0 Å². The molecule has 2 aromatic rings. The molecule has 1 aliphatic heterocycles. The largest absolute Gasteiger partial charge is 0.506 e. The van der Waals surface area contributed by atoms with Gasteiger partial charge in [-0.3, -0.25) is 9.59 Å². The number of methoxy groups -OCH3 is 2. The topological polar surface area (TPSA) is 88.1 Å². The second kappa shape index (κ2) is 8.26. The van der Waals surface area contributed by atoms with E-state index in [0.717, 1.165) is 5.56 Å². The molecule has 1 heterocycles. The van der Waals surface area contributed by atoms with E-state index in [0.29, 0.717) is 22.9 Å². The molecule has 3 rings (SSSR count). The van der Waals surface area contributed by atoms with E-state index in [-0.39, 0.29) is 35.9 Å². The third kappa shape index (κ3) is 4.35. The first-order valence-electron chi connectivity index (χ1n) is 9.80. The van der Waals surface area contributed by atoms with E-state index in [1.807, 2.05) is 6.07 Å². The molecule has 1 saturated heterocycles. The maximum absolute atomic E-state index is 12.8. The van der Waals surface area contributed by atoms with E-state index >= 15 is 0 Å². The van der Waals surface area contributed by atoms with Crippen LogP contribution in [-0.2, 0) is 15.0 Å². The third-order valence-electron chi connectivity index (χ3n) is 5.30. The molecular weight excluding hydrogens is 384 g/mol. The maximum Gasteiger partial charge on any atom is 0.229 e. The van der Waals surface area contributed by atoms with Crippen molar-refractivity contribution in [2.75, 3.05) is 31.0 Å². The van der Waals surface area contributed by atoms with E-state index in [1.165, 1.54) is 7.11 Å². The highest BCUT2D eigenvalue weighted by Crippen LogP contribution is 2.35. The van der Waals surface area contributed by atoms with E-state index in [1.54, 1.807) is 42.3 Å².